The molecule has 0 bridgehead atoms. The molecule has 174 valence electrons. The Kier molecular flexibility index (Phi) is 7.88. The summed E-state index contributed by atoms with van der Waals surface area (Å²) in [6, 6.07) is 23.2. The number of hydrogen-bond acceptors (Lipinski definition) is 4. The number of nitrogens with one attached hydrogen (secondary N) is 1. The van der Waals surface area contributed by atoms with Gasteiger partial charge in [0.15, 0.2) is 0 Å². The maximum Gasteiger partial charge on any atom is 0.407 e. The Bertz CT molecular complexity index is 1300. The number of ether oxygens (including phenoxy) is 2. The van der Waals surface area contributed by atoms with Crippen LogP contribution in [0.1, 0.15) is 22.4 Å². The molecule has 1 N–H and O–H groups in total. The van der Waals surface area contributed by atoms with E-state index in [4.69, 9.17) is 37.7 Å². The van der Waals surface area contributed by atoms with Gasteiger partial charge in [0, 0.05) is 17.5 Å². The molecule has 1 amide bonds. The molecule has 1 heterocycles. The quantitative estimate of drug-likeness (QED) is 0.289. The Morgan fingerprint density at radius 3 is 2.47 bits per heavy atom. The predicted octanol–water partition coefficient (Wildman–Crippen LogP) is 6.90. The lowest BCUT2D eigenvalue weighted by molar-refractivity contribution is 0.138. The molecule has 0 aliphatic heterocycles. The molecular weight excluding hydrogens is 471 g/mol. The molecule has 0 saturated heterocycles. The van der Waals surface area contributed by atoms with Gasteiger partial charge in [-0.2, -0.15) is 0 Å². The molecule has 34 heavy (non-hydrogen) atoms. The number of halogens is 2. The van der Waals surface area contributed by atoms with E-state index in [-0.39, 0.29) is 6.61 Å². The number of pyridine rings is 1. The van der Waals surface area contributed by atoms with Gasteiger partial charge < -0.3 is 14.8 Å². The van der Waals surface area contributed by atoms with Crippen LogP contribution < -0.4 is 10.1 Å². The zero-order chi connectivity index (χ0) is 23.9. The van der Waals surface area contributed by atoms with Gasteiger partial charge in [-0.15, -0.1) is 0 Å². The number of hydrogen-bond donors (Lipinski definition) is 1. The zero-order valence-corrected chi connectivity index (χ0v) is 20.2. The van der Waals surface area contributed by atoms with E-state index in [1.54, 1.807) is 12.1 Å². The lowest BCUT2D eigenvalue weighted by atomic mass is 10.1. The fourth-order valence-corrected chi connectivity index (χ4v) is 3.89. The number of fused-ring (bicyclic) bond motifs is 1. The highest BCUT2D eigenvalue weighted by atomic mass is 35.5. The number of amides is 1. The van der Waals surface area contributed by atoms with Crippen LogP contribution in [-0.4, -0.2) is 17.6 Å². The first-order valence-corrected chi connectivity index (χ1v) is 11.7. The van der Waals surface area contributed by atoms with Crippen molar-refractivity contribution in [1.29, 1.82) is 0 Å². The zero-order valence-electron chi connectivity index (χ0n) is 18.7. The second-order valence-electron chi connectivity index (χ2n) is 7.81. The van der Waals surface area contributed by atoms with E-state index in [0.717, 1.165) is 33.3 Å². The molecule has 1 aromatic heterocycles. The number of aromatic nitrogens is 1. The molecule has 0 fully saturated rings. The maximum absolute atomic E-state index is 12.3. The van der Waals surface area contributed by atoms with E-state index in [0.29, 0.717) is 35.3 Å². The first-order valence-electron chi connectivity index (χ1n) is 10.9. The Morgan fingerprint density at radius 1 is 0.912 bits per heavy atom. The number of benzene rings is 3. The van der Waals surface area contributed by atoms with Crippen molar-refractivity contribution in [3.63, 3.8) is 0 Å². The summed E-state index contributed by atoms with van der Waals surface area (Å²) < 4.78 is 11.6. The average Bonchev–Trinajstić information content (AvgIpc) is 2.85. The highest BCUT2D eigenvalue weighted by Crippen LogP contribution is 2.31. The molecular formula is C27H24Cl2N2O3. The van der Waals surface area contributed by atoms with Gasteiger partial charge in [0.2, 0.25) is 0 Å². The van der Waals surface area contributed by atoms with Crippen LogP contribution in [0.25, 0.3) is 10.9 Å². The van der Waals surface area contributed by atoms with Crippen LogP contribution in [0, 0.1) is 6.92 Å². The van der Waals surface area contributed by atoms with Crippen LogP contribution in [0.5, 0.6) is 5.75 Å². The number of alkyl carbamates (subject to hydrolysis) is 1. The van der Waals surface area contributed by atoms with Crippen molar-refractivity contribution in [2.24, 2.45) is 0 Å². The summed E-state index contributed by atoms with van der Waals surface area (Å²) in [5.41, 5.74) is 4.33. The second-order valence-corrected chi connectivity index (χ2v) is 8.62. The first-order chi connectivity index (χ1) is 16.5. The maximum atomic E-state index is 12.3. The summed E-state index contributed by atoms with van der Waals surface area (Å²) >= 11 is 12.0. The van der Waals surface area contributed by atoms with E-state index >= 15 is 0 Å². The smallest absolute Gasteiger partial charge is 0.407 e. The van der Waals surface area contributed by atoms with E-state index in [1.165, 1.54) is 0 Å². The molecule has 5 nitrogen and oxygen atoms in total. The van der Waals surface area contributed by atoms with Gasteiger partial charge >= 0.3 is 6.09 Å². The van der Waals surface area contributed by atoms with Crippen molar-refractivity contribution in [3.8, 4) is 5.75 Å². The SMILES string of the molecule is Cc1c(COC(=O)NCCc2ccc(Cl)c(Cl)c2)nc2ccccc2c1OCc1ccccc1. The summed E-state index contributed by atoms with van der Waals surface area (Å²) in [6.45, 7) is 2.81. The van der Waals surface area contributed by atoms with Crippen molar-refractivity contribution in [2.75, 3.05) is 6.54 Å². The van der Waals surface area contributed by atoms with Crippen molar-refractivity contribution in [1.82, 2.24) is 10.3 Å². The van der Waals surface area contributed by atoms with E-state index < -0.39 is 6.09 Å². The van der Waals surface area contributed by atoms with Gasteiger partial charge in [-0.3, -0.25) is 0 Å². The first kappa shape index (κ1) is 23.9. The molecule has 0 atom stereocenters. The van der Waals surface area contributed by atoms with E-state index in [1.807, 2.05) is 67.6 Å². The number of carbonyl (C=O) groups is 1. The number of nitrogens with zero attached hydrogens (tertiary/aromatic N) is 1. The van der Waals surface area contributed by atoms with Gasteiger partial charge in [-0.25, -0.2) is 9.78 Å². The van der Waals surface area contributed by atoms with Gasteiger partial charge in [0.05, 0.1) is 21.3 Å². The number of rotatable bonds is 8. The van der Waals surface area contributed by atoms with Gasteiger partial charge in [-0.1, -0.05) is 71.7 Å². The summed E-state index contributed by atoms with van der Waals surface area (Å²) in [6.07, 6.45) is 0.0950. The lowest BCUT2D eigenvalue weighted by Crippen LogP contribution is -2.26. The molecule has 7 heteroatoms. The van der Waals surface area contributed by atoms with Crippen LogP contribution in [0.3, 0.4) is 0 Å². The standard InChI is InChI=1S/C27H24Cl2N2O3/c1-18-25(17-34-27(32)30-14-13-19-11-12-22(28)23(29)15-19)31-24-10-6-5-9-21(24)26(18)33-16-20-7-3-2-4-8-20/h2-12,15H,13-14,16-17H2,1H3,(H,30,32). The minimum absolute atomic E-state index is 0.0387. The molecule has 3 aromatic carbocycles. The highest BCUT2D eigenvalue weighted by Gasteiger charge is 2.15. The van der Waals surface area contributed by atoms with Crippen LogP contribution in [-0.2, 0) is 24.4 Å². The summed E-state index contributed by atoms with van der Waals surface area (Å²) in [7, 11) is 0. The van der Waals surface area contributed by atoms with Crippen molar-refractivity contribution in [3.05, 3.63) is 105 Å². The van der Waals surface area contributed by atoms with Gasteiger partial charge in [0.1, 0.15) is 19.0 Å². The third-order valence-corrected chi connectivity index (χ3v) is 6.15. The molecule has 4 rings (SSSR count). The minimum Gasteiger partial charge on any atom is -0.488 e. The van der Waals surface area contributed by atoms with Crippen LogP contribution >= 0.6 is 23.2 Å². The topological polar surface area (TPSA) is 60.5 Å². The average molecular weight is 495 g/mol. The Morgan fingerprint density at radius 2 is 1.68 bits per heavy atom. The Balaban J connectivity index is 1.40. The summed E-state index contributed by atoms with van der Waals surface area (Å²) in [5.74, 6) is 0.744. The normalized spacial score (nSPS) is 10.8. The summed E-state index contributed by atoms with van der Waals surface area (Å²) in [4.78, 5) is 17.0. The van der Waals surface area contributed by atoms with Crippen LogP contribution in [0.2, 0.25) is 10.0 Å². The van der Waals surface area contributed by atoms with Crippen molar-refractivity contribution >= 4 is 40.2 Å². The van der Waals surface area contributed by atoms with Crippen molar-refractivity contribution < 1.29 is 14.3 Å². The van der Waals surface area contributed by atoms with Gasteiger partial charge in [0.25, 0.3) is 0 Å². The fourth-order valence-electron chi connectivity index (χ4n) is 3.57. The molecule has 0 saturated carbocycles. The fraction of sp³-hybridized carbons (Fsp3) is 0.185. The van der Waals surface area contributed by atoms with E-state index in [2.05, 4.69) is 5.32 Å². The Hall–Kier alpha value is -3.28. The van der Waals surface area contributed by atoms with E-state index in [9.17, 15) is 4.79 Å². The molecule has 4 aromatic rings. The lowest BCUT2D eigenvalue weighted by Gasteiger charge is -2.16. The summed E-state index contributed by atoms with van der Waals surface area (Å²) in [5, 5.41) is 4.67. The Labute approximate surface area is 208 Å². The molecule has 0 unspecified atom stereocenters. The highest BCUT2D eigenvalue weighted by molar-refractivity contribution is 6.42. The minimum atomic E-state index is -0.513. The number of para-hydroxylation sites is 1. The van der Waals surface area contributed by atoms with Crippen LogP contribution in [0.15, 0.2) is 72.8 Å². The predicted molar refractivity (Wildman–Crippen MR) is 136 cm³/mol. The molecule has 0 radical (unpaired) electrons. The third-order valence-electron chi connectivity index (χ3n) is 5.41. The molecule has 0 aliphatic carbocycles. The molecule has 0 spiro atoms. The van der Waals surface area contributed by atoms with Crippen LogP contribution in [0.4, 0.5) is 4.79 Å². The number of carbonyl (C=O) groups excluding carboxylic acids is 1. The monoisotopic (exact) mass is 494 g/mol. The molecule has 0 aliphatic rings. The van der Waals surface area contributed by atoms with Gasteiger partial charge in [-0.05, 0) is 48.7 Å². The third kappa shape index (κ3) is 5.99. The van der Waals surface area contributed by atoms with Crippen molar-refractivity contribution in [2.45, 2.75) is 26.6 Å². The largest absolute Gasteiger partial charge is 0.488 e. The second kappa shape index (κ2) is 11.2.